The molecule has 1 saturated carbocycles. The fraction of sp³-hybridized carbons (Fsp3) is 0.500. The van der Waals surface area contributed by atoms with Crippen LogP contribution in [0.2, 0.25) is 0 Å². The second-order valence-electron chi connectivity index (χ2n) is 5.09. The second-order valence-corrected chi connectivity index (χ2v) is 6.04. The fourth-order valence-electron chi connectivity index (χ4n) is 2.79. The van der Waals surface area contributed by atoms with Gasteiger partial charge in [0, 0.05) is 13.1 Å². The lowest BCUT2D eigenvalue weighted by molar-refractivity contribution is 0.0691. The average Bonchev–Trinajstić information content (AvgIpc) is 2.99. The zero-order chi connectivity index (χ0) is 12.5. The third-order valence-electron chi connectivity index (χ3n) is 3.91. The molecular weight excluding hydrogens is 244 g/mol. The number of aromatic amines is 1. The predicted molar refractivity (Wildman–Crippen MR) is 75.1 cm³/mol. The van der Waals surface area contributed by atoms with Gasteiger partial charge in [0.25, 0.3) is 5.91 Å². The Morgan fingerprint density at radius 2 is 2.17 bits per heavy atom. The van der Waals surface area contributed by atoms with Crippen LogP contribution in [0.15, 0.2) is 17.5 Å². The van der Waals surface area contributed by atoms with Crippen molar-refractivity contribution in [3.8, 4) is 0 Å². The molecule has 0 aliphatic heterocycles. The number of carbonyl (C=O) groups is 1. The maximum Gasteiger partial charge on any atom is 0.270 e. The van der Waals surface area contributed by atoms with E-state index in [4.69, 9.17) is 0 Å². The molecule has 1 aliphatic rings. The van der Waals surface area contributed by atoms with E-state index in [2.05, 4.69) is 4.98 Å². The Labute approximate surface area is 111 Å². The zero-order valence-electron chi connectivity index (χ0n) is 10.6. The quantitative estimate of drug-likeness (QED) is 0.881. The van der Waals surface area contributed by atoms with Crippen molar-refractivity contribution < 1.29 is 4.79 Å². The van der Waals surface area contributed by atoms with E-state index >= 15 is 0 Å². The predicted octanol–water partition coefficient (Wildman–Crippen LogP) is 3.63. The molecule has 2 heterocycles. The summed E-state index contributed by atoms with van der Waals surface area (Å²) in [6.07, 6.45) is 6.12. The van der Waals surface area contributed by atoms with E-state index in [1.165, 1.54) is 19.3 Å². The zero-order valence-corrected chi connectivity index (χ0v) is 11.4. The largest absolute Gasteiger partial charge is 0.350 e. The minimum absolute atomic E-state index is 0.130. The van der Waals surface area contributed by atoms with Crippen LogP contribution >= 0.6 is 11.3 Å². The fourth-order valence-corrected chi connectivity index (χ4v) is 3.57. The monoisotopic (exact) mass is 262 g/mol. The van der Waals surface area contributed by atoms with Gasteiger partial charge in [-0.05, 0) is 30.4 Å². The molecule has 0 radical (unpaired) electrons. The van der Waals surface area contributed by atoms with Crippen molar-refractivity contribution in [2.75, 3.05) is 7.05 Å². The van der Waals surface area contributed by atoms with Crippen LogP contribution in [0, 0.1) is 0 Å². The molecule has 0 saturated heterocycles. The third kappa shape index (κ3) is 2.05. The molecule has 18 heavy (non-hydrogen) atoms. The normalized spacial score (nSPS) is 17.2. The smallest absolute Gasteiger partial charge is 0.270 e. The molecule has 0 bridgehead atoms. The molecule has 1 fully saturated rings. The van der Waals surface area contributed by atoms with E-state index < -0.39 is 0 Å². The summed E-state index contributed by atoms with van der Waals surface area (Å²) in [5.74, 6) is 0.130. The SMILES string of the molecule is CN(C(=O)c1cc2sccc2[nH]1)C1CCCCC1. The molecule has 1 N–H and O–H groups in total. The highest BCUT2D eigenvalue weighted by Gasteiger charge is 2.23. The highest BCUT2D eigenvalue weighted by molar-refractivity contribution is 7.17. The van der Waals surface area contributed by atoms with E-state index in [1.54, 1.807) is 11.3 Å². The topological polar surface area (TPSA) is 36.1 Å². The first-order valence-corrected chi connectivity index (χ1v) is 7.47. The number of carbonyl (C=O) groups excluding carboxylic acids is 1. The summed E-state index contributed by atoms with van der Waals surface area (Å²) in [5.41, 5.74) is 1.80. The summed E-state index contributed by atoms with van der Waals surface area (Å²) in [7, 11) is 1.94. The number of aromatic nitrogens is 1. The number of hydrogen-bond acceptors (Lipinski definition) is 2. The maximum absolute atomic E-state index is 12.4. The van der Waals surface area contributed by atoms with Crippen molar-refractivity contribution >= 4 is 27.5 Å². The standard InChI is InChI=1S/C14H18N2OS/c1-16(10-5-3-2-4-6-10)14(17)12-9-13-11(15-12)7-8-18-13/h7-10,15H,2-6H2,1H3. The van der Waals surface area contributed by atoms with E-state index in [0.717, 1.165) is 28.8 Å². The number of nitrogens with one attached hydrogen (secondary N) is 1. The van der Waals surface area contributed by atoms with Gasteiger partial charge in [-0.2, -0.15) is 0 Å². The van der Waals surface area contributed by atoms with Crippen LogP contribution in [0.25, 0.3) is 10.2 Å². The van der Waals surface area contributed by atoms with Gasteiger partial charge < -0.3 is 9.88 Å². The lowest BCUT2D eigenvalue weighted by atomic mass is 9.94. The first-order valence-electron chi connectivity index (χ1n) is 6.59. The van der Waals surface area contributed by atoms with Gasteiger partial charge in [0.1, 0.15) is 5.69 Å². The Balaban J connectivity index is 1.78. The van der Waals surface area contributed by atoms with Crippen LogP contribution < -0.4 is 0 Å². The Morgan fingerprint density at radius 3 is 2.89 bits per heavy atom. The highest BCUT2D eigenvalue weighted by Crippen LogP contribution is 2.25. The van der Waals surface area contributed by atoms with Gasteiger partial charge in [0.15, 0.2) is 0 Å². The average molecular weight is 262 g/mol. The number of H-pyrrole nitrogens is 1. The number of fused-ring (bicyclic) bond motifs is 1. The lowest BCUT2D eigenvalue weighted by Gasteiger charge is -2.30. The summed E-state index contributed by atoms with van der Waals surface area (Å²) < 4.78 is 1.16. The Morgan fingerprint density at radius 1 is 1.39 bits per heavy atom. The maximum atomic E-state index is 12.4. The highest BCUT2D eigenvalue weighted by atomic mass is 32.1. The molecule has 0 unspecified atom stereocenters. The van der Waals surface area contributed by atoms with Gasteiger partial charge in [0.05, 0.1) is 10.2 Å². The van der Waals surface area contributed by atoms with Gasteiger partial charge >= 0.3 is 0 Å². The van der Waals surface area contributed by atoms with E-state index in [1.807, 2.05) is 29.5 Å². The van der Waals surface area contributed by atoms with Crippen LogP contribution in [0.4, 0.5) is 0 Å². The minimum atomic E-state index is 0.130. The van der Waals surface area contributed by atoms with Crippen molar-refractivity contribution in [3.05, 3.63) is 23.2 Å². The Kier molecular flexibility index (Phi) is 3.12. The third-order valence-corrected chi connectivity index (χ3v) is 4.78. The molecule has 3 nitrogen and oxygen atoms in total. The molecule has 2 aromatic rings. The molecule has 0 aromatic carbocycles. The van der Waals surface area contributed by atoms with E-state index in [9.17, 15) is 4.79 Å². The summed E-state index contributed by atoms with van der Waals surface area (Å²) in [4.78, 5) is 17.6. The minimum Gasteiger partial charge on any atom is -0.350 e. The molecule has 4 heteroatoms. The summed E-state index contributed by atoms with van der Waals surface area (Å²) in [5, 5.41) is 2.04. The molecule has 0 spiro atoms. The van der Waals surface area contributed by atoms with Crippen LogP contribution in [0.1, 0.15) is 42.6 Å². The van der Waals surface area contributed by atoms with Crippen molar-refractivity contribution in [3.63, 3.8) is 0 Å². The van der Waals surface area contributed by atoms with Crippen molar-refractivity contribution in [2.24, 2.45) is 0 Å². The number of amides is 1. The van der Waals surface area contributed by atoms with Gasteiger partial charge in [0.2, 0.25) is 0 Å². The Hall–Kier alpha value is -1.29. The van der Waals surface area contributed by atoms with Crippen LogP contribution in [0.3, 0.4) is 0 Å². The van der Waals surface area contributed by atoms with Crippen molar-refractivity contribution in [1.29, 1.82) is 0 Å². The summed E-state index contributed by atoms with van der Waals surface area (Å²) >= 11 is 1.67. The number of thiophene rings is 1. The number of nitrogens with zero attached hydrogens (tertiary/aromatic N) is 1. The Bertz CT molecular complexity index is 522. The molecule has 96 valence electrons. The summed E-state index contributed by atoms with van der Waals surface area (Å²) in [6, 6.07) is 4.42. The number of hydrogen-bond donors (Lipinski definition) is 1. The molecule has 2 aromatic heterocycles. The summed E-state index contributed by atoms with van der Waals surface area (Å²) in [6.45, 7) is 0. The lowest BCUT2D eigenvalue weighted by Crippen LogP contribution is -2.38. The van der Waals surface area contributed by atoms with Gasteiger partial charge in [-0.15, -0.1) is 11.3 Å². The molecular formula is C14H18N2OS. The van der Waals surface area contributed by atoms with Gasteiger partial charge in [-0.3, -0.25) is 4.79 Å². The van der Waals surface area contributed by atoms with Crippen molar-refractivity contribution in [1.82, 2.24) is 9.88 Å². The van der Waals surface area contributed by atoms with Crippen LogP contribution in [-0.2, 0) is 0 Å². The first kappa shape index (κ1) is 11.8. The second kappa shape index (κ2) is 4.76. The molecule has 0 atom stereocenters. The van der Waals surface area contributed by atoms with E-state index in [-0.39, 0.29) is 5.91 Å². The number of rotatable bonds is 2. The van der Waals surface area contributed by atoms with Crippen LogP contribution in [0.5, 0.6) is 0 Å². The van der Waals surface area contributed by atoms with E-state index in [0.29, 0.717) is 6.04 Å². The first-order chi connectivity index (χ1) is 8.75. The molecule has 3 rings (SSSR count). The molecule has 1 amide bonds. The van der Waals surface area contributed by atoms with Gasteiger partial charge in [-0.1, -0.05) is 19.3 Å². The van der Waals surface area contributed by atoms with Crippen molar-refractivity contribution in [2.45, 2.75) is 38.1 Å². The molecule has 1 aliphatic carbocycles. The van der Waals surface area contributed by atoms with Crippen LogP contribution in [-0.4, -0.2) is 28.9 Å². The van der Waals surface area contributed by atoms with Gasteiger partial charge in [-0.25, -0.2) is 0 Å².